The van der Waals surface area contributed by atoms with Crippen molar-refractivity contribution in [1.29, 1.82) is 0 Å². The average Bonchev–Trinajstić information content (AvgIpc) is 3.87. The molecule has 0 fully saturated rings. The Labute approximate surface area is 336 Å². The Morgan fingerprint density at radius 2 is 0.879 bits per heavy atom. The third-order valence-electron chi connectivity index (χ3n) is 12.6. The van der Waals surface area contributed by atoms with Gasteiger partial charge in [-0.1, -0.05) is 146 Å². The third-order valence-corrected chi connectivity index (χ3v) is 12.6. The van der Waals surface area contributed by atoms with Crippen molar-refractivity contribution in [2.45, 2.75) is 19.3 Å². The summed E-state index contributed by atoms with van der Waals surface area (Å²) in [5.74, 6) is 2.01. The van der Waals surface area contributed by atoms with E-state index in [0.29, 0.717) is 17.5 Å². The Morgan fingerprint density at radius 3 is 1.55 bits per heavy atom. The van der Waals surface area contributed by atoms with Gasteiger partial charge in [-0.2, -0.15) is 0 Å². The zero-order chi connectivity index (χ0) is 38.5. The smallest absolute Gasteiger partial charge is 0.164 e. The molecule has 272 valence electrons. The fraction of sp³-hybridized carbons (Fsp3) is 0.0556. The van der Waals surface area contributed by atoms with E-state index in [1.54, 1.807) is 0 Å². The van der Waals surface area contributed by atoms with Crippen molar-refractivity contribution in [2.75, 3.05) is 0 Å². The lowest BCUT2D eigenvalue weighted by Crippen LogP contribution is -2.26. The van der Waals surface area contributed by atoms with Crippen LogP contribution in [0.4, 0.5) is 0 Å². The van der Waals surface area contributed by atoms with E-state index >= 15 is 0 Å². The van der Waals surface area contributed by atoms with Gasteiger partial charge in [0.2, 0.25) is 0 Å². The highest BCUT2D eigenvalue weighted by molar-refractivity contribution is 6.12. The lowest BCUT2D eigenvalue weighted by atomic mass is 9.70. The molecular weight excluding hydrogens is 705 g/mol. The van der Waals surface area contributed by atoms with Crippen LogP contribution in [0.5, 0.6) is 0 Å². The predicted molar refractivity (Wildman–Crippen MR) is 236 cm³/mol. The van der Waals surface area contributed by atoms with Gasteiger partial charge in [0, 0.05) is 33.2 Å². The summed E-state index contributed by atoms with van der Waals surface area (Å²) in [5, 5.41) is 2.50. The molecule has 0 saturated carbocycles. The molecule has 8 aromatic carbocycles. The number of aromatic nitrogens is 4. The number of benzene rings is 8. The van der Waals surface area contributed by atoms with Crippen molar-refractivity contribution < 1.29 is 0 Å². The number of aryl methyl sites for hydroxylation is 2. The first kappa shape index (κ1) is 32.8. The minimum Gasteiger partial charge on any atom is -0.309 e. The van der Waals surface area contributed by atoms with Gasteiger partial charge < -0.3 is 4.57 Å². The van der Waals surface area contributed by atoms with E-state index in [1.807, 2.05) is 0 Å². The van der Waals surface area contributed by atoms with Crippen LogP contribution in [-0.4, -0.2) is 19.5 Å². The summed E-state index contributed by atoms with van der Waals surface area (Å²) >= 11 is 0. The molecule has 2 heterocycles. The molecule has 10 aromatic rings. The fourth-order valence-electron chi connectivity index (χ4n) is 9.99. The summed E-state index contributed by atoms with van der Waals surface area (Å²) in [7, 11) is 0. The molecule has 12 rings (SSSR count). The topological polar surface area (TPSA) is 43.6 Å². The Morgan fingerprint density at radius 1 is 0.362 bits per heavy atom. The minimum atomic E-state index is -0.565. The van der Waals surface area contributed by atoms with Gasteiger partial charge in [-0.3, -0.25) is 0 Å². The van der Waals surface area contributed by atoms with E-state index in [-0.39, 0.29) is 0 Å². The summed E-state index contributed by atoms with van der Waals surface area (Å²) in [6.07, 6.45) is 0. The third kappa shape index (κ3) is 4.48. The maximum Gasteiger partial charge on any atom is 0.164 e. The summed E-state index contributed by atoms with van der Waals surface area (Å²) in [6, 6.07) is 66.1. The molecule has 2 aromatic heterocycles. The van der Waals surface area contributed by atoms with Crippen LogP contribution in [0.25, 0.3) is 83.9 Å². The Bertz CT molecular complexity index is 3260. The maximum atomic E-state index is 5.25. The first-order valence-corrected chi connectivity index (χ1v) is 20.0. The van der Waals surface area contributed by atoms with Crippen LogP contribution >= 0.6 is 0 Å². The van der Waals surface area contributed by atoms with E-state index in [9.17, 15) is 0 Å². The Hall–Kier alpha value is -7.43. The molecule has 0 N–H and O–H groups in total. The predicted octanol–water partition coefficient (Wildman–Crippen LogP) is 12.9. The van der Waals surface area contributed by atoms with Gasteiger partial charge in [0.1, 0.15) is 0 Å². The van der Waals surface area contributed by atoms with Gasteiger partial charge in [-0.25, -0.2) is 15.0 Å². The van der Waals surface area contributed by atoms with Gasteiger partial charge in [-0.15, -0.1) is 0 Å². The minimum absolute atomic E-state index is 0.565. The van der Waals surface area contributed by atoms with E-state index in [0.717, 1.165) is 33.5 Å². The molecule has 1 atom stereocenters. The first-order chi connectivity index (χ1) is 28.6. The van der Waals surface area contributed by atoms with Gasteiger partial charge in [-0.05, 0) is 106 Å². The SMILES string of the molecule is Cc1ccccc1-c1nc(-c2ccc3c(c2)C2(c4ccccc4-3)c3ccccc3-c3cc4c5ccccc5n(-c5ccccc5)c4cc32)nc(-c2ccccc2C)n1. The monoisotopic (exact) mass is 740 g/mol. The van der Waals surface area contributed by atoms with Crippen molar-refractivity contribution >= 4 is 21.8 Å². The largest absolute Gasteiger partial charge is 0.309 e. The summed E-state index contributed by atoms with van der Waals surface area (Å²) in [4.78, 5) is 15.6. The number of rotatable bonds is 4. The zero-order valence-corrected chi connectivity index (χ0v) is 32.1. The standard InChI is InChI=1S/C54H36N4/c1-33-16-6-8-20-37(33)52-55-51(56-53(57-52)38-21-9-7-17-34(38)2)35-28-29-41-39-22-10-13-25-45(39)54(47(41)30-35)46-26-14-11-23-40(46)43-31-44-42-24-12-15-27-49(42)58(50(44)32-48(43)54)36-18-4-3-5-19-36/h3-32H,1-2H3. The van der Waals surface area contributed by atoms with Crippen molar-refractivity contribution in [3.05, 3.63) is 215 Å². The summed E-state index contributed by atoms with van der Waals surface area (Å²) in [6.45, 7) is 4.23. The molecule has 4 nitrogen and oxygen atoms in total. The van der Waals surface area contributed by atoms with Gasteiger partial charge in [0.25, 0.3) is 0 Å². The normalized spacial score (nSPS) is 14.8. The summed E-state index contributed by atoms with van der Waals surface area (Å²) in [5.41, 5.74) is 18.4. The van der Waals surface area contributed by atoms with Gasteiger partial charge >= 0.3 is 0 Å². The molecule has 0 aliphatic heterocycles. The molecule has 2 aliphatic rings. The molecule has 2 aliphatic carbocycles. The highest BCUT2D eigenvalue weighted by atomic mass is 15.0. The molecular formula is C54H36N4. The Kier molecular flexibility index (Phi) is 6.94. The van der Waals surface area contributed by atoms with Crippen LogP contribution in [0.2, 0.25) is 0 Å². The second-order valence-electron chi connectivity index (χ2n) is 15.6. The van der Waals surface area contributed by atoms with E-state index < -0.39 is 5.41 Å². The van der Waals surface area contributed by atoms with Crippen molar-refractivity contribution in [3.8, 4) is 62.1 Å². The summed E-state index contributed by atoms with van der Waals surface area (Å²) < 4.78 is 2.44. The highest BCUT2D eigenvalue weighted by Crippen LogP contribution is 2.63. The van der Waals surface area contributed by atoms with Crippen molar-refractivity contribution in [2.24, 2.45) is 0 Å². The fourth-order valence-corrected chi connectivity index (χ4v) is 9.99. The molecule has 58 heavy (non-hydrogen) atoms. The van der Waals surface area contributed by atoms with Crippen LogP contribution in [0.3, 0.4) is 0 Å². The number of fused-ring (bicyclic) bond motifs is 13. The van der Waals surface area contributed by atoms with Crippen molar-refractivity contribution in [3.63, 3.8) is 0 Å². The molecule has 0 amide bonds. The number of hydrogen-bond donors (Lipinski definition) is 0. The van der Waals surface area contributed by atoms with Crippen LogP contribution in [-0.2, 0) is 5.41 Å². The van der Waals surface area contributed by atoms with Gasteiger partial charge in [0.05, 0.1) is 16.4 Å². The van der Waals surface area contributed by atoms with Gasteiger partial charge in [0.15, 0.2) is 17.5 Å². The second-order valence-corrected chi connectivity index (χ2v) is 15.6. The average molecular weight is 741 g/mol. The zero-order valence-electron chi connectivity index (χ0n) is 32.1. The van der Waals surface area contributed by atoms with Crippen LogP contribution < -0.4 is 0 Å². The number of para-hydroxylation sites is 2. The molecule has 0 bridgehead atoms. The lowest BCUT2D eigenvalue weighted by molar-refractivity contribution is 0.794. The molecule has 4 heteroatoms. The lowest BCUT2D eigenvalue weighted by Gasteiger charge is -2.31. The van der Waals surface area contributed by atoms with E-state index in [1.165, 1.54) is 66.3 Å². The Balaban J connectivity index is 1.16. The quantitative estimate of drug-likeness (QED) is 0.180. The first-order valence-electron chi connectivity index (χ1n) is 20.0. The van der Waals surface area contributed by atoms with Crippen LogP contribution in [0.1, 0.15) is 33.4 Å². The number of nitrogens with zero attached hydrogens (tertiary/aromatic N) is 4. The number of hydrogen-bond acceptors (Lipinski definition) is 3. The van der Waals surface area contributed by atoms with Crippen LogP contribution in [0, 0.1) is 13.8 Å². The highest BCUT2D eigenvalue weighted by Gasteiger charge is 2.52. The maximum absolute atomic E-state index is 5.25. The van der Waals surface area contributed by atoms with Crippen LogP contribution in [0.15, 0.2) is 182 Å². The molecule has 0 radical (unpaired) electrons. The molecule has 0 saturated heterocycles. The molecule has 1 spiro atoms. The van der Waals surface area contributed by atoms with E-state index in [2.05, 4.69) is 200 Å². The second kappa shape index (κ2) is 12.3. The van der Waals surface area contributed by atoms with Crippen molar-refractivity contribution in [1.82, 2.24) is 19.5 Å². The van der Waals surface area contributed by atoms with E-state index in [4.69, 9.17) is 15.0 Å². The molecule has 1 unspecified atom stereocenters.